The number of amides is 1. The third kappa shape index (κ3) is 21.3. The van der Waals surface area contributed by atoms with Crippen LogP contribution in [0, 0.1) is 42.9 Å². The maximum Gasteiger partial charge on any atom is 0.410 e. The number of halogens is 6. The molecule has 6 aromatic carbocycles. The molecule has 4 heterocycles. The first kappa shape index (κ1) is 89.3. The number of fused-ring (bicyclic) bond motifs is 2. The van der Waals surface area contributed by atoms with Crippen LogP contribution in [-0.4, -0.2) is 197 Å². The topological polar surface area (TPSA) is 456 Å². The van der Waals surface area contributed by atoms with Gasteiger partial charge in [-0.05, 0) is 45.0 Å². The first-order chi connectivity index (χ1) is 52.3. The molecule has 590 valence electrons. The van der Waals surface area contributed by atoms with Crippen LogP contribution in [0.2, 0.25) is 30.1 Å². The molecule has 2 fully saturated rings. The predicted molar refractivity (Wildman–Crippen MR) is 415 cm³/mol. The number of aromatic nitrogens is 4. The van der Waals surface area contributed by atoms with Crippen molar-refractivity contribution in [2.24, 2.45) is 0 Å². The fraction of sp³-hybridized carbons (Fsp3) is 0.348. The zero-order valence-corrected chi connectivity index (χ0v) is 66.5. The van der Waals surface area contributed by atoms with Crippen molar-refractivity contribution in [1.29, 1.82) is 10.5 Å². The summed E-state index contributed by atoms with van der Waals surface area (Å²) in [7, 11) is 17.3. The van der Waals surface area contributed by atoms with E-state index >= 15 is 0 Å². The van der Waals surface area contributed by atoms with Crippen LogP contribution in [0.4, 0.5) is 45.4 Å². The van der Waals surface area contributed by atoms with Crippen LogP contribution >= 0.6 is 69.6 Å². The first-order valence-corrected chi connectivity index (χ1v) is 34.0. The Balaban J connectivity index is 0.000000242. The number of nitro groups is 2. The zero-order valence-electron chi connectivity index (χ0n) is 61.9. The highest BCUT2D eigenvalue weighted by atomic mass is 35.5. The van der Waals surface area contributed by atoms with E-state index in [4.69, 9.17) is 159 Å². The molecule has 2 aromatic heterocycles. The largest absolute Gasteiger partial charge is 0.493 e. The Hall–Kier alpha value is -11.3. The molecule has 10 rings (SSSR count). The lowest BCUT2D eigenvalue weighted by atomic mass is 10.1. The number of nitro benzene ring substituents is 2. The summed E-state index contributed by atoms with van der Waals surface area (Å²) in [4.78, 5) is 77.2. The van der Waals surface area contributed by atoms with Crippen molar-refractivity contribution in [2.45, 2.75) is 26.4 Å². The summed E-state index contributed by atoms with van der Waals surface area (Å²) in [6.07, 6.45) is 0.718. The molecule has 110 heavy (non-hydrogen) atoms. The number of piperazine rings is 2. The molecular formula is C69H77Cl6N15O20. The van der Waals surface area contributed by atoms with E-state index in [9.17, 15) is 34.6 Å². The highest BCUT2D eigenvalue weighted by molar-refractivity contribution is 6.38. The lowest BCUT2D eigenvalue weighted by Crippen LogP contribution is -2.50. The molecule has 0 radical (unpaired) electrons. The predicted octanol–water partition coefficient (Wildman–Crippen LogP) is 12.4. The molecule has 2 aliphatic rings. The molecule has 7 N–H and O–H groups in total. The van der Waals surface area contributed by atoms with Gasteiger partial charge < -0.3 is 98.8 Å². The average Bonchev–Trinajstić information content (AvgIpc) is 0.772. The Bertz CT molecular complexity index is 4770. The van der Waals surface area contributed by atoms with Gasteiger partial charge in [-0.3, -0.25) is 29.8 Å². The number of nitriles is 2. The summed E-state index contributed by atoms with van der Waals surface area (Å²) < 4.78 is 66.3. The summed E-state index contributed by atoms with van der Waals surface area (Å²) in [6.45, 7) is 11.1. The third-order valence-corrected chi connectivity index (χ3v) is 17.4. The number of rotatable bonds is 18. The fourth-order valence-corrected chi connectivity index (χ4v) is 12.0. The number of carbonyl (C=O) groups is 3. The van der Waals surface area contributed by atoms with Gasteiger partial charge in [-0.15, -0.1) is 0 Å². The van der Waals surface area contributed by atoms with E-state index in [0.717, 1.165) is 26.2 Å². The molecule has 35 nitrogen and oxygen atoms in total. The van der Waals surface area contributed by atoms with Crippen molar-refractivity contribution in [2.75, 3.05) is 165 Å². The molecule has 0 unspecified atom stereocenters. The molecule has 0 bridgehead atoms. The van der Waals surface area contributed by atoms with E-state index in [1.165, 1.54) is 102 Å². The number of anilines is 5. The molecule has 0 aliphatic carbocycles. The van der Waals surface area contributed by atoms with E-state index in [1.807, 2.05) is 31.7 Å². The SMILES string of the molecule is COc1cc(C#N)c(N)c(Cl)c1OC.COc1cc(C#N)c([N+](=O)[O-])c(Cl)c1OC.COc1cc(C=O)c([N+](=O)[O-])c(Cl)c1OC.COc1cc(C=O)cc(Cl)c1OC.COc1cc2c(N)nc(N3CCN(C(=O)OC(C)(C)C)CC3)nc2c(Cl)c1OC.COc1cc2c(N)nc(N3CCNCC3)nc2c(Cl)c1OC. The van der Waals surface area contributed by atoms with Crippen molar-refractivity contribution < 1.29 is 85.8 Å². The minimum atomic E-state index is -0.742. The van der Waals surface area contributed by atoms with Gasteiger partial charge in [0.1, 0.15) is 67.3 Å². The number of ether oxygens (including phenoxy) is 13. The van der Waals surface area contributed by atoms with E-state index in [1.54, 1.807) is 36.3 Å². The standard InChI is InChI=1S/C19H26ClN5O4.C14H18ClN5O2.C9H7ClN2O4.C9H9ClN2O2.C9H8ClNO5.C9H9ClO3/c1-19(2,3)29-18(26)25-8-6-24(7-9-25)17-22-14-11(16(21)23-17)10-12(27-4)15(28-5)13(14)20;1-21-9-7-8-11(10(15)12(9)22-2)18-14(19-13(8)16)20-5-3-17-4-6-20;1-15-6-3-5(4-11)8(12(13)14)7(10)9(6)16-2;1-13-6-3-5(4-11)8(12)7(10)9(6)14-2;1-15-6-3-5(4-12)8(11(13)14)7(10)9(6)16-2;1-12-8-4-6(5-11)3-7(10)9(8)13-2/h10H,6-9H2,1-5H3,(H2,21,22,23);7,17H,3-6H2,1-2H3,(H2,16,18,19);3H,1-2H3;3H,12H2,1-2H3;3-4H,1-2H3;3-5H,1-2H3. The van der Waals surface area contributed by atoms with Crippen molar-refractivity contribution in [3.63, 3.8) is 0 Å². The minimum Gasteiger partial charge on any atom is -0.493 e. The molecule has 2 saturated heterocycles. The summed E-state index contributed by atoms with van der Waals surface area (Å²) >= 11 is 36.2. The van der Waals surface area contributed by atoms with Crippen LogP contribution in [0.15, 0.2) is 42.5 Å². The molecule has 41 heteroatoms. The number of carbonyl (C=O) groups excluding carboxylic acids is 3. The van der Waals surface area contributed by atoms with Gasteiger partial charge >= 0.3 is 17.5 Å². The second kappa shape index (κ2) is 41.3. The number of hydrogen-bond donors (Lipinski definition) is 4. The van der Waals surface area contributed by atoms with Gasteiger partial charge in [0.25, 0.3) is 0 Å². The van der Waals surface area contributed by atoms with Gasteiger partial charge in [-0.2, -0.15) is 20.5 Å². The van der Waals surface area contributed by atoms with Gasteiger partial charge in [-0.25, -0.2) is 14.8 Å². The second-order valence-electron chi connectivity index (χ2n) is 22.9. The number of aldehydes is 2. The highest BCUT2D eigenvalue weighted by Crippen LogP contribution is 2.47. The van der Waals surface area contributed by atoms with Gasteiger partial charge in [0.2, 0.25) is 11.9 Å². The summed E-state index contributed by atoms with van der Waals surface area (Å²) in [5.74, 6) is 5.54. The molecule has 0 atom stereocenters. The molecule has 8 aromatic rings. The zero-order chi connectivity index (χ0) is 82.2. The summed E-state index contributed by atoms with van der Waals surface area (Å²) in [6, 6.07) is 14.0. The molecule has 2 aliphatic heterocycles. The van der Waals surface area contributed by atoms with Crippen LogP contribution in [0.5, 0.6) is 69.0 Å². The molecule has 1 amide bonds. The van der Waals surface area contributed by atoms with Crippen LogP contribution in [0.1, 0.15) is 52.6 Å². The Morgan fingerprint density at radius 2 is 0.864 bits per heavy atom. The number of nitrogens with two attached hydrogens (primary N) is 3. The maximum absolute atomic E-state index is 12.3. The molecule has 0 spiro atoms. The van der Waals surface area contributed by atoms with Crippen LogP contribution in [-0.2, 0) is 4.74 Å². The van der Waals surface area contributed by atoms with Crippen LogP contribution in [0.25, 0.3) is 21.8 Å². The maximum atomic E-state index is 12.3. The van der Waals surface area contributed by atoms with Crippen LogP contribution in [0.3, 0.4) is 0 Å². The Labute approximate surface area is 660 Å². The highest BCUT2D eigenvalue weighted by Gasteiger charge is 2.31. The smallest absolute Gasteiger partial charge is 0.410 e. The summed E-state index contributed by atoms with van der Waals surface area (Å²) in [5.41, 5.74) is 18.0. The Kier molecular flexibility index (Phi) is 33.5. The number of nitrogens with zero attached hydrogens (tertiary/aromatic N) is 11. The molecule has 0 saturated carbocycles. The number of benzene rings is 6. The molecular weight excluding hydrogens is 1570 g/mol. The van der Waals surface area contributed by atoms with Gasteiger partial charge in [0.15, 0.2) is 85.3 Å². The number of methoxy groups -OCH3 is 12. The monoisotopic (exact) mass is 1650 g/mol. The van der Waals surface area contributed by atoms with E-state index in [-0.39, 0.29) is 66.5 Å². The van der Waals surface area contributed by atoms with Crippen molar-refractivity contribution in [1.82, 2.24) is 30.2 Å². The van der Waals surface area contributed by atoms with Gasteiger partial charge in [0, 0.05) is 86.9 Å². The number of nitrogens with one attached hydrogen (secondary N) is 1. The lowest BCUT2D eigenvalue weighted by molar-refractivity contribution is -0.385. The quantitative estimate of drug-likeness (QED) is 0.0268. The minimum absolute atomic E-state index is 0.0291. The Morgan fingerprint density at radius 3 is 1.25 bits per heavy atom. The Morgan fingerprint density at radius 1 is 0.491 bits per heavy atom. The summed E-state index contributed by atoms with van der Waals surface area (Å²) in [5, 5.41) is 44.3. The number of hydrogen-bond acceptors (Lipinski definition) is 32. The van der Waals surface area contributed by atoms with Crippen LogP contribution < -0.4 is 89.2 Å². The third-order valence-electron chi connectivity index (χ3n) is 15.4. The van der Waals surface area contributed by atoms with E-state index in [2.05, 4.69) is 30.2 Å². The van der Waals surface area contributed by atoms with E-state index < -0.39 is 26.8 Å². The second-order valence-corrected chi connectivity index (χ2v) is 25.2. The van der Waals surface area contributed by atoms with Crippen molar-refractivity contribution in [3.05, 3.63) is 115 Å². The van der Waals surface area contributed by atoms with Gasteiger partial charge in [0.05, 0.1) is 117 Å². The van der Waals surface area contributed by atoms with E-state index in [0.29, 0.717) is 151 Å². The number of nitrogen functional groups attached to an aromatic ring is 3. The first-order valence-electron chi connectivity index (χ1n) is 31.7. The van der Waals surface area contributed by atoms with Gasteiger partial charge in [-0.1, -0.05) is 69.6 Å². The average molecular weight is 1650 g/mol. The lowest BCUT2D eigenvalue weighted by Gasteiger charge is -2.35. The normalized spacial score (nSPS) is 12.0. The fourth-order valence-electron chi connectivity index (χ4n) is 10.1. The van der Waals surface area contributed by atoms with Crippen molar-refractivity contribution >= 4 is 151 Å². The van der Waals surface area contributed by atoms with Crippen molar-refractivity contribution in [3.8, 4) is 81.1 Å².